The number of benzene rings is 2. The summed E-state index contributed by atoms with van der Waals surface area (Å²) in [4.78, 5) is 30.3. The van der Waals surface area contributed by atoms with Crippen molar-refractivity contribution < 1.29 is 22.7 Å². The Balaban J connectivity index is 1.81. The molecule has 180 valence electrons. The number of aromatic nitrogens is 2. The number of amides is 1. The Morgan fingerprint density at radius 1 is 1.09 bits per heavy atom. The summed E-state index contributed by atoms with van der Waals surface area (Å²) in [5.74, 6) is -1.37. The molecule has 0 aliphatic carbocycles. The van der Waals surface area contributed by atoms with Crippen molar-refractivity contribution in [3.8, 4) is 5.88 Å². The van der Waals surface area contributed by atoms with Gasteiger partial charge in [-0.1, -0.05) is 23.7 Å². The molecule has 0 saturated heterocycles. The number of Topliss-reactive ketones (excluding diaryl/α,β-unsaturated/α-hetero) is 1. The van der Waals surface area contributed by atoms with E-state index in [2.05, 4.69) is 10.3 Å². The first-order chi connectivity index (χ1) is 16.6. The molecule has 4 rings (SSSR count). The molecule has 0 bridgehead atoms. The zero-order valence-corrected chi connectivity index (χ0v) is 20.8. The van der Waals surface area contributed by atoms with Crippen molar-refractivity contribution in [2.45, 2.75) is 18.4 Å². The van der Waals surface area contributed by atoms with Gasteiger partial charge in [0.15, 0.2) is 9.84 Å². The van der Waals surface area contributed by atoms with Gasteiger partial charge >= 0.3 is 0 Å². The lowest BCUT2D eigenvalue weighted by Gasteiger charge is -2.10. The minimum atomic E-state index is -3.54. The second-order valence-electron chi connectivity index (χ2n) is 7.99. The number of ketones is 1. The highest BCUT2D eigenvalue weighted by molar-refractivity contribution is 7.90. The van der Waals surface area contributed by atoms with Crippen LogP contribution in [0.3, 0.4) is 0 Å². The van der Waals surface area contributed by atoms with Crippen LogP contribution in [0, 0.1) is 6.92 Å². The lowest BCUT2D eigenvalue weighted by atomic mass is 10.1. The van der Waals surface area contributed by atoms with Crippen molar-refractivity contribution >= 4 is 49.7 Å². The summed E-state index contributed by atoms with van der Waals surface area (Å²) >= 11 is 6.00. The summed E-state index contributed by atoms with van der Waals surface area (Å²) in [5.41, 5.74) is 2.57. The molecule has 10 heteroatoms. The predicted molar refractivity (Wildman–Crippen MR) is 134 cm³/mol. The SMILES string of the molecule is COc1cc(NC(=O)C(=O)c2c(C)n(Cc3ccc(Cl)cc3)c3ccc(S(C)(=O)=O)cc23)ccn1. The number of methoxy groups -OCH3 is 1. The first-order valence-corrected chi connectivity index (χ1v) is 12.8. The highest BCUT2D eigenvalue weighted by Crippen LogP contribution is 2.30. The Morgan fingerprint density at radius 3 is 2.46 bits per heavy atom. The van der Waals surface area contributed by atoms with Gasteiger partial charge in [0, 0.05) is 52.4 Å². The molecule has 0 saturated carbocycles. The van der Waals surface area contributed by atoms with Gasteiger partial charge in [-0.15, -0.1) is 0 Å². The molecule has 2 aromatic heterocycles. The molecular weight excluding hydrogens is 490 g/mol. The van der Waals surface area contributed by atoms with E-state index in [-0.39, 0.29) is 16.3 Å². The number of fused-ring (bicyclic) bond motifs is 1. The Labute approximate surface area is 207 Å². The Morgan fingerprint density at radius 2 is 1.80 bits per heavy atom. The zero-order chi connectivity index (χ0) is 25.3. The van der Waals surface area contributed by atoms with Crippen LogP contribution in [-0.2, 0) is 21.2 Å². The van der Waals surface area contributed by atoms with Crippen LogP contribution in [0.2, 0.25) is 5.02 Å². The number of hydrogen-bond donors (Lipinski definition) is 1. The molecule has 8 nitrogen and oxygen atoms in total. The summed E-state index contributed by atoms with van der Waals surface area (Å²) in [6, 6.07) is 14.9. The van der Waals surface area contributed by atoms with E-state index < -0.39 is 21.5 Å². The highest BCUT2D eigenvalue weighted by atomic mass is 35.5. The number of anilines is 1. The lowest BCUT2D eigenvalue weighted by molar-refractivity contribution is -0.112. The Bertz CT molecular complexity index is 1560. The fourth-order valence-electron chi connectivity index (χ4n) is 3.85. The van der Waals surface area contributed by atoms with Gasteiger partial charge in [0.25, 0.3) is 11.7 Å². The Hall–Kier alpha value is -3.69. The maximum Gasteiger partial charge on any atom is 0.296 e. The van der Waals surface area contributed by atoms with Crippen molar-refractivity contribution in [3.05, 3.63) is 82.6 Å². The molecule has 0 atom stereocenters. The fraction of sp³-hybridized carbons (Fsp3) is 0.160. The van der Waals surface area contributed by atoms with E-state index in [1.807, 2.05) is 16.7 Å². The normalized spacial score (nSPS) is 11.4. The third-order valence-corrected chi connectivity index (χ3v) is 6.97. The first-order valence-electron chi connectivity index (χ1n) is 10.5. The topological polar surface area (TPSA) is 107 Å². The van der Waals surface area contributed by atoms with E-state index >= 15 is 0 Å². The molecular formula is C25H22ClN3O5S. The van der Waals surface area contributed by atoms with Gasteiger partial charge in [-0.05, 0) is 48.9 Å². The molecule has 0 spiro atoms. The van der Waals surface area contributed by atoms with E-state index in [9.17, 15) is 18.0 Å². The third-order valence-electron chi connectivity index (χ3n) is 5.61. The number of carbonyl (C=O) groups excluding carboxylic acids is 2. The monoisotopic (exact) mass is 511 g/mol. The maximum atomic E-state index is 13.4. The van der Waals surface area contributed by atoms with Gasteiger partial charge in [-0.3, -0.25) is 9.59 Å². The number of pyridine rings is 1. The number of sulfone groups is 1. The van der Waals surface area contributed by atoms with E-state index in [4.69, 9.17) is 16.3 Å². The van der Waals surface area contributed by atoms with Crippen molar-refractivity contribution in [1.82, 2.24) is 9.55 Å². The molecule has 4 aromatic rings. The summed E-state index contributed by atoms with van der Waals surface area (Å²) in [6.07, 6.45) is 2.54. The van der Waals surface area contributed by atoms with Gasteiger partial charge in [0.05, 0.1) is 17.6 Å². The van der Waals surface area contributed by atoms with Crippen molar-refractivity contribution in [2.75, 3.05) is 18.7 Å². The van der Waals surface area contributed by atoms with Crippen LogP contribution < -0.4 is 10.1 Å². The summed E-state index contributed by atoms with van der Waals surface area (Å²) in [7, 11) is -2.10. The second-order valence-corrected chi connectivity index (χ2v) is 10.4. The number of ether oxygens (including phenoxy) is 1. The van der Waals surface area contributed by atoms with Crippen LogP contribution in [0.1, 0.15) is 21.6 Å². The molecule has 35 heavy (non-hydrogen) atoms. The standard InChI is InChI=1S/C25H22ClN3O5S/c1-15-23(24(30)25(31)28-18-10-11-27-22(12-18)34-2)20-13-19(35(3,32)33)8-9-21(20)29(15)14-16-4-6-17(26)7-5-16/h4-13H,14H2,1-3H3,(H,27,28,31). The van der Waals surface area contributed by atoms with Gasteiger partial charge < -0.3 is 14.6 Å². The minimum Gasteiger partial charge on any atom is -0.481 e. The minimum absolute atomic E-state index is 0.0574. The van der Waals surface area contributed by atoms with E-state index in [1.165, 1.54) is 37.6 Å². The fourth-order valence-corrected chi connectivity index (χ4v) is 4.63. The zero-order valence-electron chi connectivity index (χ0n) is 19.2. The largest absolute Gasteiger partial charge is 0.481 e. The first kappa shape index (κ1) is 24.4. The summed E-state index contributed by atoms with van der Waals surface area (Å²) in [6.45, 7) is 2.13. The number of carbonyl (C=O) groups is 2. The van der Waals surface area contributed by atoms with E-state index in [0.717, 1.165) is 11.8 Å². The lowest BCUT2D eigenvalue weighted by Crippen LogP contribution is -2.23. The number of hydrogen-bond acceptors (Lipinski definition) is 6. The van der Waals surface area contributed by atoms with Gasteiger partial charge in [-0.25, -0.2) is 13.4 Å². The Kier molecular flexibility index (Phi) is 6.64. The van der Waals surface area contributed by atoms with Crippen LogP contribution in [0.5, 0.6) is 5.88 Å². The summed E-state index contributed by atoms with van der Waals surface area (Å²) in [5, 5.41) is 3.55. The number of nitrogens with one attached hydrogen (secondary N) is 1. The van der Waals surface area contributed by atoms with E-state index in [1.54, 1.807) is 25.1 Å². The molecule has 2 heterocycles. The number of rotatable bonds is 7. The highest BCUT2D eigenvalue weighted by Gasteiger charge is 2.26. The molecule has 0 fully saturated rings. The molecule has 1 N–H and O–H groups in total. The van der Waals surface area contributed by atoms with E-state index in [0.29, 0.717) is 33.9 Å². The van der Waals surface area contributed by atoms with Crippen LogP contribution in [0.25, 0.3) is 10.9 Å². The smallest absolute Gasteiger partial charge is 0.296 e. The predicted octanol–water partition coefficient (Wildman–Crippen LogP) is 4.28. The summed E-state index contributed by atoms with van der Waals surface area (Å²) < 4.78 is 31.3. The van der Waals surface area contributed by atoms with Crippen LogP contribution >= 0.6 is 11.6 Å². The second kappa shape index (κ2) is 9.52. The number of halogens is 1. The third kappa shape index (κ3) is 5.06. The van der Waals surface area contributed by atoms with Crippen molar-refractivity contribution in [3.63, 3.8) is 0 Å². The van der Waals surface area contributed by atoms with Crippen LogP contribution in [0.4, 0.5) is 5.69 Å². The molecule has 0 aliphatic heterocycles. The average Bonchev–Trinajstić information content (AvgIpc) is 3.10. The molecule has 1 amide bonds. The van der Waals surface area contributed by atoms with Gasteiger partial charge in [0.2, 0.25) is 5.88 Å². The quantitative estimate of drug-likeness (QED) is 0.293. The van der Waals surface area contributed by atoms with Gasteiger partial charge in [0.1, 0.15) is 0 Å². The molecule has 0 radical (unpaired) electrons. The molecule has 0 aliphatic rings. The van der Waals surface area contributed by atoms with Crippen molar-refractivity contribution in [2.24, 2.45) is 0 Å². The maximum absolute atomic E-state index is 13.4. The van der Waals surface area contributed by atoms with Gasteiger partial charge in [-0.2, -0.15) is 0 Å². The van der Waals surface area contributed by atoms with Crippen molar-refractivity contribution in [1.29, 1.82) is 0 Å². The molecule has 2 aromatic carbocycles. The van der Waals surface area contributed by atoms with Crippen LogP contribution in [0.15, 0.2) is 65.7 Å². The molecule has 0 unspecified atom stereocenters. The average molecular weight is 512 g/mol. The number of nitrogens with zero attached hydrogens (tertiary/aromatic N) is 2. The van der Waals surface area contributed by atoms with Crippen LogP contribution in [-0.4, -0.2) is 43.0 Å².